The van der Waals surface area contributed by atoms with Gasteiger partial charge in [0.05, 0.1) is 21.8 Å². The lowest BCUT2D eigenvalue weighted by Crippen LogP contribution is -2.29. The molecule has 1 amide bonds. The van der Waals surface area contributed by atoms with E-state index in [0.29, 0.717) is 10.7 Å². The monoisotopic (exact) mass is 440 g/mol. The molecule has 0 bridgehead atoms. The molecule has 1 aliphatic rings. The fourth-order valence-corrected chi connectivity index (χ4v) is 5.06. The SMILES string of the molecule is Cc1ccc([C@H]2/C(=C(\O)c3ccccc3)C(=O)C(=O)N2c2nc3ccc(C)cc3s2)cc1. The van der Waals surface area contributed by atoms with Crippen LogP contribution in [0.25, 0.3) is 16.0 Å². The van der Waals surface area contributed by atoms with E-state index in [1.807, 2.05) is 62.4 Å². The summed E-state index contributed by atoms with van der Waals surface area (Å²) >= 11 is 1.36. The Bertz CT molecular complexity index is 1390. The number of aliphatic hydroxyl groups excluding tert-OH is 1. The molecule has 158 valence electrons. The fraction of sp³-hybridized carbons (Fsp3) is 0.115. The average Bonchev–Trinajstić information content (AvgIpc) is 3.32. The van der Waals surface area contributed by atoms with Crippen LogP contribution < -0.4 is 4.90 Å². The van der Waals surface area contributed by atoms with Crippen molar-refractivity contribution in [3.05, 3.63) is 101 Å². The number of aryl methyl sites for hydroxylation is 2. The second-order valence-corrected chi connectivity index (χ2v) is 8.92. The fourth-order valence-electron chi connectivity index (χ4n) is 3.97. The third-order valence-electron chi connectivity index (χ3n) is 5.62. The van der Waals surface area contributed by atoms with Crippen molar-refractivity contribution in [2.75, 3.05) is 4.90 Å². The van der Waals surface area contributed by atoms with Gasteiger partial charge in [-0.15, -0.1) is 0 Å². The molecule has 6 heteroatoms. The molecule has 0 aliphatic carbocycles. The molecule has 32 heavy (non-hydrogen) atoms. The number of hydrogen-bond acceptors (Lipinski definition) is 5. The van der Waals surface area contributed by atoms with Gasteiger partial charge in [0, 0.05) is 5.56 Å². The zero-order chi connectivity index (χ0) is 22.4. The molecule has 3 aromatic carbocycles. The molecule has 5 nitrogen and oxygen atoms in total. The van der Waals surface area contributed by atoms with E-state index in [4.69, 9.17) is 0 Å². The van der Waals surface area contributed by atoms with Crippen LogP contribution in [-0.4, -0.2) is 21.8 Å². The summed E-state index contributed by atoms with van der Waals surface area (Å²) in [5.41, 5.74) is 4.21. The van der Waals surface area contributed by atoms with Crippen molar-refractivity contribution in [1.29, 1.82) is 0 Å². The second kappa shape index (κ2) is 7.73. The summed E-state index contributed by atoms with van der Waals surface area (Å²) in [6.07, 6.45) is 0. The lowest BCUT2D eigenvalue weighted by molar-refractivity contribution is -0.132. The Hall–Kier alpha value is -3.77. The Morgan fingerprint density at radius 3 is 2.34 bits per heavy atom. The first kappa shape index (κ1) is 20.2. The van der Waals surface area contributed by atoms with Crippen LogP contribution in [0.5, 0.6) is 0 Å². The van der Waals surface area contributed by atoms with Crippen molar-refractivity contribution in [2.24, 2.45) is 0 Å². The van der Waals surface area contributed by atoms with Gasteiger partial charge in [0.1, 0.15) is 5.76 Å². The number of carbonyl (C=O) groups excluding carboxylic acids is 2. The summed E-state index contributed by atoms with van der Waals surface area (Å²) in [5, 5.41) is 11.5. The van der Waals surface area contributed by atoms with Crippen molar-refractivity contribution >= 4 is 44.1 Å². The number of thiazole rings is 1. The van der Waals surface area contributed by atoms with Gasteiger partial charge in [0.15, 0.2) is 5.13 Å². The maximum atomic E-state index is 13.2. The van der Waals surface area contributed by atoms with Crippen LogP contribution in [0.2, 0.25) is 0 Å². The molecule has 1 fully saturated rings. The van der Waals surface area contributed by atoms with Gasteiger partial charge in [0.25, 0.3) is 5.78 Å². The highest BCUT2D eigenvalue weighted by Crippen LogP contribution is 2.44. The van der Waals surface area contributed by atoms with Gasteiger partial charge in [-0.2, -0.15) is 0 Å². The highest BCUT2D eigenvalue weighted by atomic mass is 32.1. The predicted molar refractivity (Wildman–Crippen MR) is 127 cm³/mol. The van der Waals surface area contributed by atoms with Crippen molar-refractivity contribution in [2.45, 2.75) is 19.9 Å². The topological polar surface area (TPSA) is 70.5 Å². The number of amides is 1. The largest absolute Gasteiger partial charge is 0.507 e. The highest BCUT2D eigenvalue weighted by Gasteiger charge is 2.48. The minimum Gasteiger partial charge on any atom is -0.507 e. The lowest BCUT2D eigenvalue weighted by atomic mass is 9.95. The molecule has 1 saturated heterocycles. The Morgan fingerprint density at radius 1 is 0.938 bits per heavy atom. The molecule has 0 radical (unpaired) electrons. The van der Waals surface area contributed by atoms with E-state index >= 15 is 0 Å². The maximum Gasteiger partial charge on any atom is 0.301 e. The van der Waals surface area contributed by atoms with Crippen molar-refractivity contribution in [3.8, 4) is 0 Å². The number of aromatic nitrogens is 1. The summed E-state index contributed by atoms with van der Waals surface area (Å²) in [5.74, 6) is -1.59. The van der Waals surface area contributed by atoms with E-state index in [1.54, 1.807) is 24.3 Å². The molecule has 4 aromatic rings. The van der Waals surface area contributed by atoms with Crippen molar-refractivity contribution in [1.82, 2.24) is 4.98 Å². The zero-order valence-corrected chi connectivity index (χ0v) is 18.4. The number of aliphatic hydroxyl groups is 1. The third-order valence-corrected chi connectivity index (χ3v) is 6.64. The summed E-state index contributed by atoms with van der Waals surface area (Å²) < 4.78 is 0.938. The molecule has 1 aliphatic heterocycles. The molecule has 2 heterocycles. The van der Waals surface area contributed by atoms with Gasteiger partial charge in [-0.05, 0) is 37.1 Å². The molecule has 1 atom stereocenters. The minimum atomic E-state index is -0.766. The third kappa shape index (κ3) is 3.29. The van der Waals surface area contributed by atoms with Crippen molar-refractivity contribution in [3.63, 3.8) is 0 Å². The van der Waals surface area contributed by atoms with Crippen LogP contribution in [0, 0.1) is 13.8 Å². The number of hydrogen-bond donors (Lipinski definition) is 1. The molecular formula is C26H20N2O3S. The first-order chi connectivity index (χ1) is 15.4. The number of Topliss-reactive ketones (excluding diaryl/α,β-unsaturated/α-hetero) is 1. The van der Waals surface area contributed by atoms with Crippen LogP contribution in [0.3, 0.4) is 0 Å². The van der Waals surface area contributed by atoms with Crippen LogP contribution in [0.1, 0.15) is 28.3 Å². The van der Waals surface area contributed by atoms with Gasteiger partial charge in [-0.3, -0.25) is 14.5 Å². The molecule has 1 aromatic heterocycles. The number of nitrogens with zero attached hydrogens (tertiary/aromatic N) is 2. The van der Waals surface area contributed by atoms with Gasteiger partial charge in [0.2, 0.25) is 0 Å². The zero-order valence-electron chi connectivity index (χ0n) is 17.6. The Kier molecular flexibility index (Phi) is 4.87. The second-order valence-electron chi connectivity index (χ2n) is 7.91. The maximum absolute atomic E-state index is 13.2. The molecular weight excluding hydrogens is 420 g/mol. The smallest absolute Gasteiger partial charge is 0.301 e. The number of rotatable bonds is 3. The van der Waals surface area contributed by atoms with E-state index < -0.39 is 17.7 Å². The molecule has 0 unspecified atom stereocenters. The van der Waals surface area contributed by atoms with Crippen molar-refractivity contribution < 1.29 is 14.7 Å². The van der Waals surface area contributed by atoms with Gasteiger partial charge in [-0.25, -0.2) is 4.98 Å². The summed E-state index contributed by atoms with van der Waals surface area (Å²) in [7, 11) is 0. The molecule has 0 saturated carbocycles. The molecule has 0 spiro atoms. The van der Waals surface area contributed by atoms with Crippen LogP contribution in [0.4, 0.5) is 5.13 Å². The van der Waals surface area contributed by atoms with E-state index in [0.717, 1.165) is 26.9 Å². The van der Waals surface area contributed by atoms with Crippen LogP contribution >= 0.6 is 11.3 Å². The first-order valence-electron chi connectivity index (χ1n) is 10.2. The van der Waals surface area contributed by atoms with Crippen LogP contribution in [-0.2, 0) is 9.59 Å². The number of anilines is 1. The minimum absolute atomic E-state index is 0.0699. The van der Waals surface area contributed by atoms with E-state index in [-0.39, 0.29) is 11.3 Å². The molecule has 1 N–H and O–H groups in total. The lowest BCUT2D eigenvalue weighted by Gasteiger charge is -2.23. The quantitative estimate of drug-likeness (QED) is 0.258. The van der Waals surface area contributed by atoms with Crippen LogP contribution in [0.15, 0.2) is 78.4 Å². The Morgan fingerprint density at radius 2 is 1.62 bits per heavy atom. The van der Waals surface area contributed by atoms with E-state index in [2.05, 4.69) is 4.98 Å². The number of ketones is 1. The van der Waals surface area contributed by atoms with E-state index in [9.17, 15) is 14.7 Å². The summed E-state index contributed by atoms with van der Waals surface area (Å²) in [4.78, 5) is 32.5. The molecule has 5 rings (SSSR count). The normalized spacial score (nSPS) is 17.9. The Balaban J connectivity index is 1.73. The predicted octanol–water partition coefficient (Wildman–Crippen LogP) is 5.54. The highest BCUT2D eigenvalue weighted by molar-refractivity contribution is 7.22. The Labute approximate surface area is 189 Å². The van der Waals surface area contributed by atoms with Gasteiger partial charge < -0.3 is 5.11 Å². The first-order valence-corrected chi connectivity index (χ1v) is 11.1. The summed E-state index contributed by atoms with van der Waals surface area (Å²) in [6.45, 7) is 3.97. The number of carbonyl (C=O) groups is 2. The number of fused-ring (bicyclic) bond motifs is 1. The average molecular weight is 441 g/mol. The summed E-state index contributed by atoms with van der Waals surface area (Å²) in [6, 6.07) is 21.6. The van der Waals surface area contributed by atoms with Gasteiger partial charge >= 0.3 is 5.91 Å². The standard InChI is InChI=1S/C26H20N2O3S/c1-15-8-11-17(12-9-15)22-21(23(29)18-6-4-3-5-7-18)24(30)25(31)28(22)26-27-19-13-10-16(2)14-20(19)32-26/h3-14,22,29H,1-2H3/b23-21+/t22-/m0/s1. The van der Waals surface area contributed by atoms with Gasteiger partial charge in [-0.1, -0.05) is 77.6 Å². The number of benzene rings is 3. The van der Waals surface area contributed by atoms with E-state index in [1.165, 1.54) is 16.2 Å².